The van der Waals surface area contributed by atoms with Gasteiger partial charge < -0.3 is 5.32 Å². The van der Waals surface area contributed by atoms with Crippen LogP contribution in [0.4, 0.5) is 5.13 Å². The van der Waals surface area contributed by atoms with Crippen molar-refractivity contribution in [2.45, 2.75) is 52.0 Å². The summed E-state index contributed by atoms with van der Waals surface area (Å²) in [4.78, 5) is 26.1. The summed E-state index contributed by atoms with van der Waals surface area (Å²) < 4.78 is 0. The van der Waals surface area contributed by atoms with Crippen LogP contribution in [0, 0.1) is 5.92 Å². The lowest BCUT2D eigenvalue weighted by molar-refractivity contribution is -0.129. The highest BCUT2D eigenvalue weighted by molar-refractivity contribution is 7.18. The molecule has 2 aromatic carbocycles. The van der Waals surface area contributed by atoms with E-state index in [0.717, 1.165) is 36.8 Å². The van der Waals surface area contributed by atoms with Gasteiger partial charge in [0.1, 0.15) is 11.0 Å². The van der Waals surface area contributed by atoms with E-state index in [4.69, 9.17) is 11.6 Å². The van der Waals surface area contributed by atoms with Gasteiger partial charge in [0, 0.05) is 22.9 Å². The van der Waals surface area contributed by atoms with Crippen LogP contribution >= 0.6 is 22.9 Å². The van der Waals surface area contributed by atoms with Gasteiger partial charge in [0.2, 0.25) is 16.9 Å². The number of unbranched alkanes of at least 4 members (excludes halogenated alkanes) is 1. The first-order valence-corrected chi connectivity index (χ1v) is 12.4. The zero-order valence-corrected chi connectivity index (χ0v) is 20.5. The minimum atomic E-state index is -0.710. The first-order chi connectivity index (χ1) is 16.0. The topological polar surface area (TPSA) is 84.0 Å². The van der Waals surface area contributed by atoms with Crippen LogP contribution in [0.3, 0.4) is 0 Å². The van der Waals surface area contributed by atoms with Crippen LogP contribution in [0.1, 0.15) is 45.1 Å². The number of nitrogens with one attached hydrogen (secondary N) is 2. The minimum absolute atomic E-state index is 0.0823. The molecule has 0 bridgehead atoms. The number of carbonyl (C=O) groups excluding carboxylic acids is 2. The minimum Gasteiger partial charge on any atom is -0.344 e. The Morgan fingerprint density at radius 3 is 2.39 bits per heavy atom. The number of nitrogens with zero attached hydrogens (tertiary/aromatic N) is 2. The van der Waals surface area contributed by atoms with Crippen LogP contribution < -0.4 is 10.6 Å². The van der Waals surface area contributed by atoms with Crippen molar-refractivity contribution in [2.24, 2.45) is 5.92 Å². The summed E-state index contributed by atoms with van der Waals surface area (Å²) in [6.45, 7) is 4.11. The van der Waals surface area contributed by atoms with E-state index in [2.05, 4.69) is 27.8 Å². The van der Waals surface area contributed by atoms with Crippen molar-refractivity contribution in [2.75, 3.05) is 5.32 Å². The van der Waals surface area contributed by atoms with E-state index < -0.39 is 6.04 Å². The second kappa shape index (κ2) is 12.5. The molecule has 8 heteroatoms. The molecule has 6 nitrogen and oxygen atoms in total. The van der Waals surface area contributed by atoms with Crippen LogP contribution in [0.2, 0.25) is 5.02 Å². The Balaban J connectivity index is 1.73. The molecule has 2 atom stereocenters. The highest BCUT2D eigenvalue weighted by atomic mass is 35.5. The average molecular weight is 485 g/mol. The van der Waals surface area contributed by atoms with Crippen LogP contribution in [0.5, 0.6) is 0 Å². The molecule has 0 saturated carbocycles. The Morgan fingerprint density at radius 1 is 1.00 bits per heavy atom. The van der Waals surface area contributed by atoms with Crippen molar-refractivity contribution in [3.8, 4) is 10.6 Å². The maximum Gasteiger partial charge on any atom is 0.249 e. The van der Waals surface area contributed by atoms with E-state index in [0.29, 0.717) is 21.6 Å². The van der Waals surface area contributed by atoms with Crippen molar-refractivity contribution in [1.82, 2.24) is 15.5 Å². The summed E-state index contributed by atoms with van der Waals surface area (Å²) in [5.41, 5.74) is 1.84. The molecular formula is C25H29ClN4O2S. The van der Waals surface area contributed by atoms with E-state index in [1.54, 1.807) is 12.1 Å². The molecule has 0 spiro atoms. The molecule has 0 saturated heterocycles. The molecule has 0 unspecified atom stereocenters. The van der Waals surface area contributed by atoms with Crippen LogP contribution in [0.15, 0.2) is 54.6 Å². The van der Waals surface area contributed by atoms with Gasteiger partial charge in [0.05, 0.1) is 0 Å². The predicted molar refractivity (Wildman–Crippen MR) is 134 cm³/mol. The first kappa shape index (κ1) is 24.9. The third kappa shape index (κ3) is 7.37. The number of carbonyl (C=O) groups is 2. The summed E-state index contributed by atoms with van der Waals surface area (Å²) in [7, 11) is 0. The standard InChI is InChI=1S/C25H29ClN4O2S/c1-3-5-11-18(4-2)22(31)27-21(16-17-9-7-6-8-10-17)23(32)28-25-30-29-24(33-25)19-12-14-20(26)15-13-19/h6-10,12-15,18,21H,3-5,11,16H2,1-2H3,(H,27,31)(H,28,30,32)/t18-,21+/m1/s1. The molecule has 3 aromatic rings. The van der Waals surface area contributed by atoms with Gasteiger partial charge >= 0.3 is 0 Å². The number of amides is 2. The van der Waals surface area contributed by atoms with E-state index >= 15 is 0 Å². The van der Waals surface area contributed by atoms with Crippen molar-refractivity contribution in [3.63, 3.8) is 0 Å². The molecule has 0 fully saturated rings. The highest BCUT2D eigenvalue weighted by Gasteiger charge is 2.26. The fourth-order valence-electron chi connectivity index (χ4n) is 3.50. The predicted octanol–water partition coefficient (Wildman–Crippen LogP) is 5.74. The van der Waals surface area contributed by atoms with Crippen LogP contribution in [0.25, 0.3) is 10.6 Å². The Kier molecular flexibility index (Phi) is 9.39. The Morgan fingerprint density at radius 2 is 1.73 bits per heavy atom. The highest BCUT2D eigenvalue weighted by Crippen LogP contribution is 2.27. The number of rotatable bonds is 11. The maximum absolute atomic E-state index is 13.2. The number of hydrogen-bond acceptors (Lipinski definition) is 5. The smallest absolute Gasteiger partial charge is 0.249 e. The van der Waals surface area contributed by atoms with Crippen molar-refractivity contribution in [1.29, 1.82) is 0 Å². The van der Waals surface area contributed by atoms with Crippen LogP contribution in [-0.4, -0.2) is 28.1 Å². The summed E-state index contributed by atoms with van der Waals surface area (Å²) in [6.07, 6.45) is 3.97. The van der Waals surface area contributed by atoms with Crippen molar-refractivity contribution < 1.29 is 9.59 Å². The second-order valence-corrected chi connectivity index (χ2v) is 9.32. The van der Waals surface area contributed by atoms with Gasteiger partial charge in [-0.15, -0.1) is 10.2 Å². The van der Waals surface area contributed by atoms with Gasteiger partial charge in [0.25, 0.3) is 0 Å². The Labute approximate surface area is 203 Å². The molecule has 2 N–H and O–H groups in total. The molecule has 174 valence electrons. The lowest BCUT2D eigenvalue weighted by Gasteiger charge is -2.21. The number of benzene rings is 2. The molecule has 0 aliphatic heterocycles. The number of aromatic nitrogens is 2. The monoisotopic (exact) mass is 484 g/mol. The quantitative estimate of drug-likeness (QED) is 0.363. The summed E-state index contributed by atoms with van der Waals surface area (Å²) >= 11 is 7.23. The van der Waals surface area contributed by atoms with Gasteiger partial charge in [-0.2, -0.15) is 0 Å². The van der Waals surface area contributed by atoms with Crippen LogP contribution in [-0.2, 0) is 16.0 Å². The lowest BCUT2D eigenvalue weighted by Crippen LogP contribution is -2.47. The zero-order valence-electron chi connectivity index (χ0n) is 18.9. The molecule has 1 aromatic heterocycles. The first-order valence-electron chi connectivity index (χ1n) is 11.2. The van der Waals surface area contributed by atoms with E-state index in [-0.39, 0.29) is 17.7 Å². The molecule has 0 aliphatic carbocycles. The summed E-state index contributed by atoms with van der Waals surface area (Å²) in [5.74, 6) is -0.494. The molecular weight excluding hydrogens is 456 g/mol. The molecule has 0 aliphatic rings. The summed E-state index contributed by atoms with van der Waals surface area (Å²) in [5, 5.41) is 15.8. The lowest BCUT2D eigenvalue weighted by atomic mass is 9.97. The molecule has 33 heavy (non-hydrogen) atoms. The Bertz CT molecular complexity index is 1040. The Hall–Kier alpha value is -2.77. The van der Waals surface area contributed by atoms with Gasteiger partial charge in [-0.1, -0.05) is 92.1 Å². The van der Waals surface area contributed by atoms with E-state index in [1.165, 1.54) is 11.3 Å². The van der Waals surface area contributed by atoms with E-state index in [9.17, 15) is 9.59 Å². The SMILES string of the molecule is CCCC[C@@H](CC)C(=O)N[C@@H](Cc1ccccc1)C(=O)Nc1nnc(-c2ccc(Cl)cc2)s1. The number of hydrogen-bond donors (Lipinski definition) is 2. The molecule has 0 radical (unpaired) electrons. The summed E-state index contributed by atoms with van der Waals surface area (Å²) in [6, 6.07) is 16.2. The van der Waals surface area contributed by atoms with Gasteiger partial charge in [-0.3, -0.25) is 14.9 Å². The van der Waals surface area contributed by atoms with Gasteiger partial charge in [0.15, 0.2) is 0 Å². The third-order valence-electron chi connectivity index (χ3n) is 5.43. The second-order valence-electron chi connectivity index (χ2n) is 7.91. The maximum atomic E-state index is 13.2. The van der Waals surface area contributed by atoms with Crippen molar-refractivity contribution >= 4 is 39.9 Å². The van der Waals surface area contributed by atoms with Gasteiger partial charge in [-0.25, -0.2) is 0 Å². The molecule has 1 heterocycles. The number of anilines is 1. The fourth-order valence-corrected chi connectivity index (χ4v) is 4.37. The van der Waals surface area contributed by atoms with E-state index in [1.807, 2.05) is 49.4 Å². The largest absolute Gasteiger partial charge is 0.344 e. The number of halogens is 1. The third-order valence-corrected chi connectivity index (χ3v) is 6.57. The molecule has 3 rings (SSSR count). The fraction of sp³-hybridized carbons (Fsp3) is 0.360. The average Bonchev–Trinajstić information content (AvgIpc) is 3.28. The zero-order chi connectivity index (χ0) is 23.6. The van der Waals surface area contributed by atoms with Gasteiger partial charge in [-0.05, 0) is 30.5 Å². The van der Waals surface area contributed by atoms with Crippen molar-refractivity contribution in [3.05, 3.63) is 65.2 Å². The molecule has 2 amide bonds. The normalized spacial score (nSPS) is 12.7.